The predicted molar refractivity (Wildman–Crippen MR) is 141 cm³/mol. The molecule has 0 unspecified atom stereocenters. The number of hydrogen-bond acceptors (Lipinski definition) is 4. The number of benzene rings is 2. The number of pyridine rings is 1. The fourth-order valence-corrected chi connectivity index (χ4v) is 5.03. The highest BCUT2D eigenvalue weighted by atomic mass is 35.5. The normalized spacial score (nSPS) is 11.5. The van der Waals surface area contributed by atoms with E-state index >= 15 is 0 Å². The maximum atomic E-state index is 13.4. The summed E-state index contributed by atoms with van der Waals surface area (Å²) in [7, 11) is 0. The van der Waals surface area contributed by atoms with Crippen LogP contribution in [0, 0.1) is 20.8 Å². The Morgan fingerprint density at radius 1 is 0.944 bits per heavy atom. The third-order valence-electron chi connectivity index (χ3n) is 6.66. The van der Waals surface area contributed by atoms with Gasteiger partial charge in [-0.25, -0.2) is 14.8 Å². The van der Waals surface area contributed by atoms with Crippen molar-refractivity contribution in [2.45, 2.75) is 34.1 Å². The average Bonchev–Trinajstić information content (AvgIpc) is 3.44. The van der Waals surface area contributed by atoms with Crippen LogP contribution in [0.3, 0.4) is 0 Å². The van der Waals surface area contributed by atoms with E-state index in [1.54, 1.807) is 12.3 Å². The van der Waals surface area contributed by atoms with Gasteiger partial charge in [-0.05, 0) is 68.3 Å². The molecule has 0 fully saturated rings. The highest BCUT2D eigenvalue weighted by Crippen LogP contribution is 2.31. The standard InChI is InChI=1S/C27H22Cl2N4O3/c1-5-21-31-24-14(3)13(2)15(4)30-25(24)33(21)17-6-9-20-16(12-17)10-11-32(20)26(34)22-18(28)7-8-19(29)23(22)27(35)36/h6-12H,5H2,1-4H3,(H,35,36). The monoisotopic (exact) mass is 520 g/mol. The number of rotatable bonds is 4. The first-order valence-corrected chi connectivity index (χ1v) is 12.1. The Bertz CT molecular complexity index is 1730. The van der Waals surface area contributed by atoms with E-state index in [1.807, 2.05) is 29.7 Å². The number of aromatic carboxylic acids is 1. The number of carbonyl (C=O) groups is 2. The van der Waals surface area contributed by atoms with E-state index in [9.17, 15) is 14.7 Å². The number of carboxylic acids is 1. The molecule has 0 spiro atoms. The first-order chi connectivity index (χ1) is 17.1. The quantitative estimate of drug-likeness (QED) is 0.290. The van der Waals surface area contributed by atoms with Crippen molar-refractivity contribution in [3.05, 3.63) is 86.4 Å². The van der Waals surface area contributed by atoms with Crippen LogP contribution in [0.1, 0.15) is 50.3 Å². The zero-order chi connectivity index (χ0) is 25.9. The number of imidazole rings is 1. The van der Waals surface area contributed by atoms with Gasteiger partial charge in [0.25, 0.3) is 5.91 Å². The number of hydrogen-bond donors (Lipinski definition) is 1. The van der Waals surface area contributed by atoms with E-state index in [0.717, 1.165) is 51.3 Å². The maximum Gasteiger partial charge on any atom is 0.338 e. The number of halogens is 2. The van der Waals surface area contributed by atoms with Gasteiger partial charge in [0.15, 0.2) is 5.65 Å². The van der Waals surface area contributed by atoms with Crippen LogP contribution in [0.5, 0.6) is 0 Å². The Morgan fingerprint density at radius 3 is 2.31 bits per heavy atom. The highest BCUT2D eigenvalue weighted by Gasteiger charge is 2.25. The summed E-state index contributed by atoms with van der Waals surface area (Å²) >= 11 is 12.3. The predicted octanol–water partition coefficient (Wildman–Crippen LogP) is 6.56. The van der Waals surface area contributed by atoms with Gasteiger partial charge in [-0.1, -0.05) is 30.1 Å². The molecule has 3 aromatic heterocycles. The minimum absolute atomic E-state index is 0.0184. The second-order valence-electron chi connectivity index (χ2n) is 8.65. The van der Waals surface area contributed by atoms with E-state index in [0.29, 0.717) is 5.52 Å². The van der Waals surface area contributed by atoms with Crippen molar-refractivity contribution in [2.24, 2.45) is 0 Å². The van der Waals surface area contributed by atoms with Crippen molar-refractivity contribution in [1.29, 1.82) is 0 Å². The number of fused-ring (bicyclic) bond motifs is 2. The van der Waals surface area contributed by atoms with E-state index in [-0.39, 0.29) is 21.2 Å². The molecule has 0 atom stereocenters. The molecule has 1 N–H and O–H groups in total. The molecule has 36 heavy (non-hydrogen) atoms. The Morgan fingerprint density at radius 2 is 1.64 bits per heavy atom. The summed E-state index contributed by atoms with van der Waals surface area (Å²) in [5.74, 6) is -1.01. The molecule has 0 amide bonds. The largest absolute Gasteiger partial charge is 0.478 e. The molecule has 2 aromatic carbocycles. The van der Waals surface area contributed by atoms with Crippen molar-refractivity contribution in [1.82, 2.24) is 19.1 Å². The number of carbonyl (C=O) groups excluding carboxylic acids is 1. The molecular weight excluding hydrogens is 499 g/mol. The molecule has 0 aliphatic carbocycles. The van der Waals surface area contributed by atoms with Gasteiger partial charge in [0.05, 0.1) is 26.7 Å². The summed E-state index contributed by atoms with van der Waals surface area (Å²) in [6.45, 7) is 8.15. The SMILES string of the molecule is CCc1nc2c(C)c(C)c(C)nc2n1-c1ccc2c(ccn2C(=O)c2c(Cl)ccc(Cl)c2C(=O)O)c1. The van der Waals surface area contributed by atoms with Gasteiger partial charge < -0.3 is 5.11 Å². The minimum Gasteiger partial charge on any atom is -0.478 e. The van der Waals surface area contributed by atoms with Gasteiger partial charge in [0.2, 0.25) is 0 Å². The third-order valence-corrected chi connectivity index (χ3v) is 7.28. The molecule has 182 valence electrons. The lowest BCUT2D eigenvalue weighted by Gasteiger charge is -2.12. The van der Waals surface area contributed by atoms with Crippen LogP contribution in [0.4, 0.5) is 0 Å². The first kappa shape index (κ1) is 24.0. The summed E-state index contributed by atoms with van der Waals surface area (Å²) in [5.41, 5.74) is 5.85. The van der Waals surface area contributed by atoms with E-state index < -0.39 is 11.9 Å². The second-order valence-corrected chi connectivity index (χ2v) is 9.47. The van der Waals surface area contributed by atoms with Gasteiger partial charge >= 0.3 is 5.97 Å². The van der Waals surface area contributed by atoms with Crippen LogP contribution < -0.4 is 0 Å². The van der Waals surface area contributed by atoms with Crippen LogP contribution >= 0.6 is 23.2 Å². The Kier molecular flexibility index (Phi) is 5.85. The van der Waals surface area contributed by atoms with E-state index in [4.69, 9.17) is 33.2 Å². The summed E-state index contributed by atoms with van der Waals surface area (Å²) in [4.78, 5) is 35.0. The van der Waals surface area contributed by atoms with Crippen LogP contribution in [0.15, 0.2) is 42.6 Å². The fraction of sp³-hybridized carbons (Fsp3) is 0.185. The molecule has 5 aromatic rings. The van der Waals surface area contributed by atoms with Gasteiger partial charge in [0.1, 0.15) is 11.3 Å². The molecule has 0 saturated carbocycles. The third kappa shape index (κ3) is 3.58. The van der Waals surface area contributed by atoms with Crippen molar-refractivity contribution in [3.63, 3.8) is 0 Å². The lowest BCUT2D eigenvalue weighted by Crippen LogP contribution is -2.16. The van der Waals surface area contributed by atoms with E-state index in [1.165, 1.54) is 16.7 Å². The number of nitrogens with zero attached hydrogens (tertiary/aromatic N) is 4. The molecule has 7 nitrogen and oxygen atoms in total. The molecular formula is C27H22Cl2N4O3. The average molecular weight is 521 g/mol. The molecule has 0 bridgehead atoms. The van der Waals surface area contributed by atoms with Crippen molar-refractivity contribution in [3.8, 4) is 5.69 Å². The zero-order valence-corrected chi connectivity index (χ0v) is 21.6. The molecule has 0 saturated heterocycles. The molecule has 0 aliphatic rings. The number of carboxylic acid groups (broad SMARTS) is 1. The Balaban J connectivity index is 1.67. The van der Waals surface area contributed by atoms with Gasteiger partial charge in [-0.2, -0.15) is 0 Å². The summed E-state index contributed by atoms with van der Waals surface area (Å²) in [6.07, 6.45) is 2.32. The topological polar surface area (TPSA) is 90.0 Å². The number of aromatic nitrogens is 4. The minimum atomic E-state index is -1.32. The summed E-state index contributed by atoms with van der Waals surface area (Å²) in [5, 5.41) is 10.4. The Labute approximate surface area is 216 Å². The van der Waals surface area contributed by atoms with Crippen molar-refractivity contribution in [2.75, 3.05) is 0 Å². The molecule has 0 radical (unpaired) electrons. The molecule has 0 aliphatic heterocycles. The van der Waals surface area contributed by atoms with Crippen molar-refractivity contribution < 1.29 is 14.7 Å². The molecule has 3 heterocycles. The van der Waals surface area contributed by atoms with E-state index in [2.05, 4.69) is 20.8 Å². The molecule has 9 heteroatoms. The Hall–Kier alpha value is -3.68. The zero-order valence-electron chi connectivity index (χ0n) is 20.1. The van der Waals surface area contributed by atoms with Gasteiger partial charge in [-0.3, -0.25) is 13.9 Å². The van der Waals surface area contributed by atoms with Crippen LogP contribution in [-0.2, 0) is 6.42 Å². The number of aryl methyl sites for hydroxylation is 3. The van der Waals surface area contributed by atoms with Crippen LogP contribution in [0.2, 0.25) is 10.0 Å². The van der Waals surface area contributed by atoms with Crippen LogP contribution in [-0.4, -0.2) is 36.1 Å². The first-order valence-electron chi connectivity index (χ1n) is 11.4. The fourth-order valence-electron chi connectivity index (χ4n) is 4.55. The lowest BCUT2D eigenvalue weighted by molar-refractivity contribution is 0.0691. The van der Waals surface area contributed by atoms with Crippen molar-refractivity contribution >= 4 is 57.1 Å². The lowest BCUT2D eigenvalue weighted by atomic mass is 10.1. The maximum absolute atomic E-state index is 13.4. The van der Waals surface area contributed by atoms with Gasteiger partial charge in [0, 0.05) is 29.4 Å². The summed E-state index contributed by atoms with van der Waals surface area (Å²) < 4.78 is 3.43. The summed E-state index contributed by atoms with van der Waals surface area (Å²) in [6, 6.07) is 10.3. The van der Waals surface area contributed by atoms with Gasteiger partial charge in [-0.15, -0.1) is 0 Å². The second kappa shape index (κ2) is 8.76. The smallest absolute Gasteiger partial charge is 0.338 e. The van der Waals surface area contributed by atoms with Crippen LogP contribution in [0.25, 0.3) is 27.8 Å². The molecule has 5 rings (SSSR count). The highest BCUT2D eigenvalue weighted by molar-refractivity contribution is 6.39.